The summed E-state index contributed by atoms with van der Waals surface area (Å²) in [6, 6.07) is 6.17. The van der Waals surface area contributed by atoms with Crippen molar-refractivity contribution in [2.75, 3.05) is 25.6 Å². The number of carbonyl (C=O) groups excluding carboxylic acids is 3. The number of aryl methyl sites for hydroxylation is 1. The van der Waals surface area contributed by atoms with E-state index in [1.165, 1.54) is 23.1 Å². The third-order valence-electron chi connectivity index (χ3n) is 3.91. The highest BCUT2D eigenvalue weighted by molar-refractivity contribution is 6.22. The number of benzene rings is 1. The number of hydrogen-bond donors (Lipinski definition) is 2. The second-order valence-electron chi connectivity index (χ2n) is 5.76. The van der Waals surface area contributed by atoms with Crippen LogP contribution in [0.4, 0.5) is 5.82 Å². The third-order valence-corrected chi connectivity index (χ3v) is 3.91. The summed E-state index contributed by atoms with van der Waals surface area (Å²) in [5.74, 6) is -0.730. The molecule has 8 nitrogen and oxygen atoms in total. The third kappa shape index (κ3) is 3.29. The van der Waals surface area contributed by atoms with Crippen LogP contribution in [0.5, 0.6) is 0 Å². The van der Waals surface area contributed by atoms with Gasteiger partial charge in [-0.25, -0.2) is 0 Å². The predicted octanol–water partition coefficient (Wildman–Crippen LogP) is 1.60. The molecule has 0 radical (unpaired) electrons. The van der Waals surface area contributed by atoms with Crippen molar-refractivity contribution in [3.63, 3.8) is 0 Å². The number of carbonyl (C=O) groups is 3. The highest BCUT2D eigenvalue weighted by Crippen LogP contribution is 2.24. The van der Waals surface area contributed by atoms with Crippen LogP contribution in [0.2, 0.25) is 0 Å². The molecule has 8 heteroatoms. The monoisotopic (exact) mass is 342 g/mol. The Bertz CT molecular complexity index is 843. The minimum atomic E-state index is -0.396. The van der Waals surface area contributed by atoms with Crippen molar-refractivity contribution in [1.82, 2.24) is 15.1 Å². The summed E-state index contributed by atoms with van der Waals surface area (Å²) in [6.07, 6.45) is 0.563. The minimum Gasteiger partial charge on any atom is -0.385 e. The van der Waals surface area contributed by atoms with Gasteiger partial charge in [0, 0.05) is 37.6 Å². The summed E-state index contributed by atoms with van der Waals surface area (Å²) < 4.78 is 4.95. The highest BCUT2D eigenvalue weighted by Gasteiger charge is 2.35. The molecule has 2 N–H and O–H groups in total. The number of imide groups is 1. The summed E-state index contributed by atoms with van der Waals surface area (Å²) >= 11 is 0. The Kier molecular flexibility index (Phi) is 4.62. The number of hydrogen-bond acceptors (Lipinski definition) is 5. The average molecular weight is 342 g/mol. The van der Waals surface area contributed by atoms with Gasteiger partial charge in [0.15, 0.2) is 5.82 Å². The van der Waals surface area contributed by atoms with Crippen LogP contribution in [0.25, 0.3) is 0 Å². The van der Waals surface area contributed by atoms with Gasteiger partial charge in [-0.2, -0.15) is 5.10 Å². The van der Waals surface area contributed by atoms with Crippen molar-refractivity contribution in [1.29, 1.82) is 0 Å². The molecule has 1 aliphatic rings. The van der Waals surface area contributed by atoms with Crippen LogP contribution in [0.15, 0.2) is 24.3 Å². The second kappa shape index (κ2) is 6.86. The number of fused-ring (bicyclic) bond motifs is 1. The second-order valence-corrected chi connectivity index (χ2v) is 5.76. The van der Waals surface area contributed by atoms with Crippen molar-refractivity contribution in [2.45, 2.75) is 13.3 Å². The summed E-state index contributed by atoms with van der Waals surface area (Å²) in [7, 11) is 1.56. The quantitative estimate of drug-likeness (QED) is 0.613. The lowest BCUT2D eigenvalue weighted by atomic mass is 10.1. The number of nitrogens with zero attached hydrogens (tertiary/aromatic N) is 2. The number of aromatic amines is 1. The van der Waals surface area contributed by atoms with Crippen molar-refractivity contribution >= 4 is 23.5 Å². The van der Waals surface area contributed by atoms with Gasteiger partial charge in [0.25, 0.3) is 17.7 Å². The fourth-order valence-electron chi connectivity index (χ4n) is 2.67. The summed E-state index contributed by atoms with van der Waals surface area (Å²) in [6.45, 7) is 2.57. The molecule has 25 heavy (non-hydrogen) atoms. The first-order valence-corrected chi connectivity index (χ1v) is 7.84. The Labute approximate surface area is 144 Å². The van der Waals surface area contributed by atoms with Crippen LogP contribution in [-0.4, -0.2) is 53.1 Å². The number of amides is 3. The van der Waals surface area contributed by atoms with Gasteiger partial charge in [0.2, 0.25) is 0 Å². The zero-order chi connectivity index (χ0) is 18.0. The predicted molar refractivity (Wildman–Crippen MR) is 89.6 cm³/mol. The Morgan fingerprint density at radius 3 is 2.68 bits per heavy atom. The summed E-state index contributed by atoms with van der Waals surface area (Å²) in [5.41, 5.74) is 1.67. The first-order chi connectivity index (χ1) is 12.0. The van der Waals surface area contributed by atoms with E-state index in [-0.39, 0.29) is 23.9 Å². The topological polar surface area (TPSA) is 104 Å². The molecule has 0 saturated heterocycles. The molecular weight excluding hydrogens is 324 g/mol. The first kappa shape index (κ1) is 16.8. The lowest BCUT2D eigenvalue weighted by Gasteiger charge is -2.12. The number of anilines is 1. The number of aromatic nitrogens is 2. The van der Waals surface area contributed by atoms with Crippen molar-refractivity contribution < 1.29 is 19.1 Å². The van der Waals surface area contributed by atoms with Crippen LogP contribution >= 0.6 is 0 Å². The summed E-state index contributed by atoms with van der Waals surface area (Å²) in [4.78, 5) is 38.3. The standard InChI is InChI=1S/C17H18N4O4/c1-10-8-14(20-19-10)18-15(22)11-4-5-12-13(9-11)17(24)21(16(12)23)6-3-7-25-2/h4-5,8-9H,3,6-7H2,1-2H3,(H2,18,19,20,22). The Morgan fingerprint density at radius 2 is 2.00 bits per heavy atom. The van der Waals surface area contributed by atoms with E-state index >= 15 is 0 Å². The average Bonchev–Trinajstić information content (AvgIpc) is 3.11. The molecule has 0 spiro atoms. The van der Waals surface area contributed by atoms with Crippen LogP contribution in [-0.2, 0) is 4.74 Å². The van der Waals surface area contributed by atoms with Gasteiger partial charge in [-0.1, -0.05) is 0 Å². The number of H-pyrrole nitrogens is 1. The molecular formula is C17H18N4O4. The Hall–Kier alpha value is -3.00. The summed E-state index contributed by atoms with van der Waals surface area (Å²) in [5, 5.41) is 9.31. The van der Waals surface area contributed by atoms with Gasteiger partial charge in [0.1, 0.15) is 0 Å². The van der Waals surface area contributed by atoms with Gasteiger partial charge in [-0.3, -0.25) is 24.4 Å². The van der Waals surface area contributed by atoms with Crippen molar-refractivity contribution in [2.24, 2.45) is 0 Å². The van der Waals surface area contributed by atoms with Gasteiger partial charge < -0.3 is 10.1 Å². The maximum atomic E-state index is 12.5. The van der Waals surface area contributed by atoms with Gasteiger partial charge in [-0.05, 0) is 31.5 Å². The van der Waals surface area contributed by atoms with E-state index in [1.54, 1.807) is 13.2 Å². The molecule has 3 rings (SSSR count). The van der Waals surface area contributed by atoms with Gasteiger partial charge in [0.05, 0.1) is 11.1 Å². The zero-order valence-electron chi connectivity index (χ0n) is 14.0. The SMILES string of the molecule is COCCCN1C(=O)c2ccc(C(=O)Nc3cc(C)[nH]n3)cc2C1=O. The molecule has 2 aromatic rings. The number of methoxy groups -OCH3 is 1. The van der Waals surface area contributed by atoms with Crippen LogP contribution in [0.3, 0.4) is 0 Å². The smallest absolute Gasteiger partial charge is 0.261 e. The largest absolute Gasteiger partial charge is 0.385 e. The molecule has 0 unspecified atom stereocenters. The molecule has 0 atom stereocenters. The van der Waals surface area contributed by atoms with Crippen LogP contribution in [0.1, 0.15) is 43.2 Å². The molecule has 1 aliphatic heterocycles. The van der Waals surface area contributed by atoms with Gasteiger partial charge >= 0.3 is 0 Å². The van der Waals surface area contributed by atoms with E-state index in [9.17, 15) is 14.4 Å². The Morgan fingerprint density at radius 1 is 1.24 bits per heavy atom. The molecule has 0 aliphatic carbocycles. The van der Waals surface area contributed by atoms with E-state index in [2.05, 4.69) is 15.5 Å². The Balaban J connectivity index is 1.78. The molecule has 2 heterocycles. The van der Waals surface area contributed by atoms with Crippen molar-refractivity contribution in [3.8, 4) is 0 Å². The number of nitrogens with one attached hydrogen (secondary N) is 2. The maximum absolute atomic E-state index is 12.5. The maximum Gasteiger partial charge on any atom is 0.261 e. The molecule has 3 amide bonds. The van der Waals surface area contributed by atoms with Crippen molar-refractivity contribution in [3.05, 3.63) is 46.6 Å². The zero-order valence-corrected chi connectivity index (χ0v) is 14.0. The van der Waals surface area contributed by atoms with Gasteiger partial charge in [-0.15, -0.1) is 0 Å². The molecule has 0 saturated carbocycles. The normalized spacial score (nSPS) is 13.3. The molecule has 0 bridgehead atoms. The molecule has 1 aromatic carbocycles. The fraction of sp³-hybridized carbons (Fsp3) is 0.294. The molecule has 130 valence electrons. The van der Waals surface area contributed by atoms with E-state index in [0.717, 1.165) is 5.69 Å². The molecule has 0 fully saturated rings. The fourth-order valence-corrected chi connectivity index (χ4v) is 2.67. The van der Waals surface area contributed by atoms with E-state index in [4.69, 9.17) is 4.74 Å². The number of ether oxygens (including phenoxy) is 1. The minimum absolute atomic E-state index is 0.244. The van der Waals surface area contributed by atoms with E-state index in [1.807, 2.05) is 6.92 Å². The molecule has 1 aromatic heterocycles. The first-order valence-electron chi connectivity index (χ1n) is 7.84. The number of rotatable bonds is 6. The van der Waals surface area contributed by atoms with Crippen LogP contribution < -0.4 is 5.32 Å². The van der Waals surface area contributed by atoms with E-state index in [0.29, 0.717) is 30.0 Å². The lowest BCUT2D eigenvalue weighted by molar-refractivity contribution is 0.0638. The highest BCUT2D eigenvalue weighted by atomic mass is 16.5. The van der Waals surface area contributed by atoms with Crippen LogP contribution in [0, 0.1) is 6.92 Å². The van der Waals surface area contributed by atoms with E-state index < -0.39 is 5.91 Å². The lowest BCUT2D eigenvalue weighted by Crippen LogP contribution is -2.31.